The lowest BCUT2D eigenvalue weighted by molar-refractivity contribution is -0.130. The van der Waals surface area contributed by atoms with Crippen LogP contribution in [0.15, 0.2) is 59.8 Å². The summed E-state index contributed by atoms with van der Waals surface area (Å²) in [5.41, 5.74) is 3.38. The van der Waals surface area contributed by atoms with Crippen molar-refractivity contribution >= 4 is 17.7 Å². The predicted molar refractivity (Wildman–Crippen MR) is 119 cm³/mol. The summed E-state index contributed by atoms with van der Waals surface area (Å²) >= 11 is 1.33. The molecule has 0 radical (unpaired) electrons. The molecular formula is C22H26N6OS. The van der Waals surface area contributed by atoms with Gasteiger partial charge in [-0.2, -0.15) is 0 Å². The maximum atomic E-state index is 12.7. The molecule has 156 valence electrons. The summed E-state index contributed by atoms with van der Waals surface area (Å²) in [5, 5.41) is 8.90. The number of carbonyl (C=O) groups excluding carboxylic acids is 1. The normalized spacial score (nSPS) is 14.8. The minimum atomic E-state index is 0.110. The number of aromatic nitrogens is 3. The molecule has 8 heteroatoms. The summed E-state index contributed by atoms with van der Waals surface area (Å²) in [6, 6.07) is 18.4. The molecule has 0 unspecified atom stereocenters. The SMILES string of the molecule is Cc1ccc(-c2nnc(SCC(=O)N3CCN(Cc4ccccc4)CC3)n2N)cc1. The Morgan fingerprint density at radius 1 is 1.00 bits per heavy atom. The molecule has 30 heavy (non-hydrogen) atoms. The van der Waals surface area contributed by atoms with Gasteiger partial charge in [-0.05, 0) is 12.5 Å². The monoisotopic (exact) mass is 422 g/mol. The molecule has 4 rings (SSSR count). The van der Waals surface area contributed by atoms with Crippen LogP contribution >= 0.6 is 11.8 Å². The highest BCUT2D eigenvalue weighted by molar-refractivity contribution is 7.99. The fraction of sp³-hybridized carbons (Fsp3) is 0.318. The molecule has 3 aromatic rings. The molecule has 1 aliphatic rings. The third-order valence-corrected chi connectivity index (χ3v) is 6.20. The van der Waals surface area contributed by atoms with Gasteiger partial charge in [-0.1, -0.05) is 71.9 Å². The number of nitrogen functional groups attached to an aromatic ring is 1. The van der Waals surface area contributed by atoms with Crippen molar-refractivity contribution in [3.05, 3.63) is 65.7 Å². The van der Waals surface area contributed by atoms with Gasteiger partial charge in [-0.15, -0.1) is 10.2 Å². The van der Waals surface area contributed by atoms with E-state index in [0.717, 1.165) is 38.3 Å². The molecule has 0 spiro atoms. The van der Waals surface area contributed by atoms with Crippen LogP contribution in [-0.4, -0.2) is 62.5 Å². The zero-order valence-corrected chi connectivity index (χ0v) is 17.9. The van der Waals surface area contributed by atoms with Crippen molar-refractivity contribution in [3.8, 4) is 11.4 Å². The summed E-state index contributed by atoms with van der Waals surface area (Å²) in [6.07, 6.45) is 0. The van der Waals surface area contributed by atoms with Crippen LogP contribution in [0.3, 0.4) is 0 Å². The number of hydrogen-bond acceptors (Lipinski definition) is 6. The van der Waals surface area contributed by atoms with Gasteiger partial charge in [0.15, 0.2) is 5.82 Å². The molecule has 1 amide bonds. The van der Waals surface area contributed by atoms with E-state index < -0.39 is 0 Å². The van der Waals surface area contributed by atoms with Crippen LogP contribution in [-0.2, 0) is 11.3 Å². The van der Waals surface area contributed by atoms with E-state index in [0.29, 0.717) is 16.7 Å². The fourth-order valence-electron chi connectivity index (χ4n) is 3.49. The van der Waals surface area contributed by atoms with Gasteiger partial charge in [0, 0.05) is 38.3 Å². The van der Waals surface area contributed by atoms with Crippen molar-refractivity contribution in [2.75, 3.05) is 37.8 Å². The van der Waals surface area contributed by atoms with E-state index in [1.54, 1.807) is 0 Å². The highest BCUT2D eigenvalue weighted by atomic mass is 32.2. The molecule has 1 saturated heterocycles. The van der Waals surface area contributed by atoms with E-state index in [1.165, 1.54) is 27.6 Å². The van der Waals surface area contributed by atoms with Gasteiger partial charge in [0.25, 0.3) is 0 Å². The second kappa shape index (κ2) is 9.32. The quantitative estimate of drug-likeness (QED) is 0.485. The molecule has 1 fully saturated rings. The number of piperazine rings is 1. The summed E-state index contributed by atoms with van der Waals surface area (Å²) < 4.78 is 1.46. The van der Waals surface area contributed by atoms with E-state index in [-0.39, 0.29) is 5.91 Å². The lowest BCUT2D eigenvalue weighted by Crippen LogP contribution is -2.48. The number of nitrogens with zero attached hydrogens (tertiary/aromatic N) is 5. The van der Waals surface area contributed by atoms with Gasteiger partial charge < -0.3 is 10.7 Å². The molecule has 2 N–H and O–H groups in total. The minimum absolute atomic E-state index is 0.110. The van der Waals surface area contributed by atoms with Crippen LogP contribution in [0.25, 0.3) is 11.4 Å². The molecule has 1 aliphatic heterocycles. The zero-order chi connectivity index (χ0) is 20.9. The number of hydrogen-bond donors (Lipinski definition) is 1. The van der Waals surface area contributed by atoms with Gasteiger partial charge >= 0.3 is 0 Å². The smallest absolute Gasteiger partial charge is 0.233 e. The van der Waals surface area contributed by atoms with Crippen LogP contribution in [0.4, 0.5) is 0 Å². The Labute approximate surface area is 180 Å². The Morgan fingerprint density at radius 2 is 1.70 bits per heavy atom. The second-order valence-corrected chi connectivity index (χ2v) is 8.42. The number of benzene rings is 2. The number of thioether (sulfide) groups is 1. The van der Waals surface area contributed by atoms with Crippen LogP contribution in [0.2, 0.25) is 0 Å². The van der Waals surface area contributed by atoms with E-state index in [2.05, 4.69) is 39.4 Å². The topological polar surface area (TPSA) is 80.3 Å². The Bertz CT molecular complexity index is 981. The molecule has 2 heterocycles. The fourth-order valence-corrected chi connectivity index (χ4v) is 4.25. The molecule has 0 bridgehead atoms. The Kier molecular flexibility index (Phi) is 6.35. The molecule has 0 atom stereocenters. The van der Waals surface area contributed by atoms with Crippen molar-refractivity contribution in [2.24, 2.45) is 0 Å². The van der Waals surface area contributed by atoms with Crippen molar-refractivity contribution in [1.82, 2.24) is 24.7 Å². The summed E-state index contributed by atoms with van der Waals surface area (Å²) in [6.45, 7) is 6.22. The lowest BCUT2D eigenvalue weighted by Gasteiger charge is -2.34. The number of carbonyl (C=O) groups is 1. The van der Waals surface area contributed by atoms with Crippen LogP contribution in [0, 0.1) is 6.92 Å². The standard InChI is InChI=1S/C22H26N6OS/c1-17-7-9-19(10-8-17)21-24-25-22(28(21)23)30-16-20(29)27-13-11-26(12-14-27)15-18-5-3-2-4-6-18/h2-10H,11-16,23H2,1H3. The first kappa shape index (κ1) is 20.4. The van der Waals surface area contributed by atoms with E-state index in [1.807, 2.05) is 42.2 Å². The number of rotatable bonds is 6. The van der Waals surface area contributed by atoms with Crippen LogP contribution in [0.5, 0.6) is 0 Å². The van der Waals surface area contributed by atoms with Crippen LogP contribution < -0.4 is 5.84 Å². The zero-order valence-electron chi connectivity index (χ0n) is 17.1. The van der Waals surface area contributed by atoms with E-state index in [9.17, 15) is 4.79 Å². The first-order valence-corrected chi connectivity index (χ1v) is 11.0. The third kappa shape index (κ3) is 4.83. The lowest BCUT2D eigenvalue weighted by atomic mass is 10.1. The molecule has 0 saturated carbocycles. The van der Waals surface area contributed by atoms with Crippen LogP contribution in [0.1, 0.15) is 11.1 Å². The Hall–Kier alpha value is -2.84. The van der Waals surface area contributed by atoms with Crippen molar-refractivity contribution in [1.29, 1.82) is 0 Å². The maximum Gasteiger partial charge on any atom is 0.233 e. The van der Waals surface area contributed by atoms with Gasteiger partial charge in [0.05, 0.1) is 5.75 Å². The average molecular weight is 423 g/mol. The van der Waals surface area contributed by atoms with Gasteiger partial charge in [0.2, 0.25) is 11.1 Å². The Morgan fingerprint density at radius 3 is 2.40 bits per heavy atom. The Balaban J connectivity index is 1.28. The average Bonchev–Trinajstić information content (AvgIpc) is 3.14. The number of aryl methyl sites for hydroxylation is 1. The molecule has 0 aliphatic carbocycles. The third-order valence-electron chi connectivity index (χ3n) is 5.27. The van der Waals surface area contributed by atoms with Gasteiger partial charge in [0.1, 0.15) is 0 Å². The number of nitrogens with two attached hydrogens (primary N) is 1. The first-order valence-electron chi connectivity index (χ1n) is 10.0. The summed E-state index contributed by atoms with van der Waals surface area (Å²) in [7, 11) is 0. The summed E-state index contributed by atoms with van der Waals surface area (Å²) in [5.74, 6) is 7.18. The number of amides is 1. The first-order chi connectivity index (χ1) is 14.6. The largest absolute Gasteiger partial charge is 0.339 e. The van der Waals surface area contributed by atoms with Crippen molar-refractivity contribution < 1.29 is 4.79 Å². The molecular weight excluding hydrogens is 396 g/mol. The highest BCUT2D eigenvalue weighted by Gasteiger charge is 2.22. The second-order valence-electron chi connectivity index (χ2n) is 7.47. The minimum Gasteiger partial charge on any atom is -0.339 e. The van der Waals surface area contributed by atoms with E-state index in [4.69, 9.17) is 5.84 Å². The molecule has 7 nitrogen and oxygen atoms in total. The van der Waals surface area contributed by atoms with Gasteiger partial charge in [-0.3, -0.25) is 9.69 Å². The maximum absolute atomic E-state index is 12.7. The predicted octanol–water partition coefficient (Wildman–Crippen LogP) is 2.40. The summed E-state index contributed by atoms with van der Waals surface area (Å²) in [4.78, 5) is 17.0. The van der Waals surface area contributed by atoms with E-state index >= 15 is 0 Å². The molecule has 2 aromatic carbocycles. The highest BCUT2D eigenvalue weighted by Crippen LogP contribution is 2.22. The van der Waals surface area contributed by atoms with Crippen molar-refractivity contribution in [3.63, 3.8) is 0 Å². The van der Waals surface area contributed by atoms with Crippen molar-refractivity contribution in [2.45, 2.75) is 18.6 Å². The van der Waals surface area contributed by atoms with Gasteiger partial charge in [-0.25, -0.2) is 4.68 Å². The molecule has 1 aromatic heterocycles.